The van der Waals surface area contributed by atoms with Gasteiger partial charge in [0.15, 0.2) is 0 Å². The molecule has 0 spiro atoms. The molecule has 2 aromatic heterocycles. The van der Waals surface area contributed by atoms with E-state index in [9.17, 15) is 0 Å². The second-order valence-corrected chi connectivity index (χ2v) is 4.34. The van der Waals surface area contributed by atoms with E-state index in [1.807, 2.05) is 48.7 Å². The van der Waals surface area contributed by atoms with Gasteiger partial charge >= 0.3 is 0 Å². The average molecular weight is 254 g/mol. The first-order chi connectivity index (χ1) is 9.33. The van der Waals surface area contributed by atoms with Gasteiger partial charge in [0.2, 0.25) is 11.7 Å². The monoisotopic (exact) mass is 254 g/mol. The molecular weight excluding hydrogens is 240 g/mol. The quantitative estimate of drug-likeness (QED) is 0.748. The van der Waals surface area contributed by atoms with Crippen LogP contribution in [0.2, 0.25) is 0 Å². The van der Waals surface area contributed by atoms with Gasteiger partial charge in [-0.05, 0) is 24.1 Å². The maximum absolute atomic E-state index is 6.09. The van der Waals surface area contributed by atoms with Gasteiger partial charge in [-0.25, -0.2) is 0 Å². The first-order valence-corrected chi connectivity index (χ1v) is 6.10. The maximum atomic E-state index is 6.09. The number of benzene rings is 1. The molecule has 5 heteroatoms. The number of nitrogens with one attached hydrogen (secondary N) is 1. The topological polar surface area (TPSA) is 80.7 Å². The first kappa shape index (κ1) is 11.7. The molecule has 19 heavy (non-hydrogen) atoms. The highest BCUT2D eigenvalue weighted by atomic mass is 16.5. The van der Waals surface area contributed by atoms with Crippen molar-refractivity contribution < 1.29 is 4.52 Å². The molecule has 1 aromatic carbocycles. The Morgan fingerprint density at radius 2 is 2.00 bits per heavy atom. The second-order valence-electron chi connectivity index (χ2n) is 4.34. The summed E-state index contributed by atoms with van der Waals surface area (Å²) in [4.78, 5) is 7.34. The van der Waals surface area contributed by atoms with E-state index in [4.69, 9.17) is 10.3 Å². The van der Waals surface area contributed by atoms with Gasteiger partial charge in [-0.3, -0.25) is 0 Å². The van der Waals surface area contributed by atoms with Crippen LogP contribution in [0.5, 0.6) is 0 Å². The van der Waals surface area contributed by atoms with Gasteiger partial charge in [-0.2, -0.15) is 4.98 Å². The summed E-state index contributed by atoms with van der Waals surface area (Å²) >= 11 is 0. The minimum Gasteiger partial charge on any atom is -0.359 e. The summed E-state index contributed by atoms with van der Waals surface area (Å²) in [6.07, 6.45) is 2.49. The lowest BCUT2D eigenvalue weighted by atomic mass is 10.1. The third-order valence-corrected chi connectivity index (χ3v) is 2.90. The van der Waals surface area contributed by atoms with Crippen LogP contribution < -0.4 is 5.73 Å². The molecular formula is C14H14N4O. The number of hydrogen-bond acceptors (Lipinski definition) is 4. The summed E-state index contributed by atoms with van der Waals surface area (Å²) in [6, 6.07) is 13.5. The number of nitrogens with two attached hydrogens (primary N) is 1. The van der Waals surface area contributed by atoms with E-state index in [1.54, 1.807) is 0 Å². The number of aromatic nitrogens is 3. The summed E-state index contributed by atoms with van der Waals surface area (Å²) in [5, 5.41) is 3.92. The zero-order valence-corrected chi connectivity index (χ0v) is 10.3. The molecule has 3 aromatic rings. The second kappa shape index (κ2) is 5.07. The number of aromatic amines is 1. The van der Waals surface area contributed by atoms with Gasteiger partial charge in [-0.1, -0.05) is 35.5 Å². The van der Waals surface area contributed by atoms with Crippen LogP contribution in [0.3, 0.4) is 0 Å². The molecule has 3 rings (SSSR count). The minimum atomic E-state index is -0.293. The lowest BCUT2D eigenvalue weighted by Gasteiger charge is -2.05. The van der Waals surface area contributed by atoms with Crippen molar-refractivity contribution in [1.29, 1.82) is 0 Å². The molecule has 0 saturated heterocycles. The van der Waals surface area contributed by atoms with Crippen LogP contribution in [0.1, 0.15) is 17.5 Å². The average Bonchev–Trinajstić information content (AvgIpc) is 3.11. The molecule has 0 unspecified atom stereocenters. The van der Waals surface area contributed by atoms with Gasteiger partial charge < -0.3 is 15.2 Å². The van der Waals surface area contributed by atoms with Crippen molar-refractivity contribution in [3.8, 4) is 11.5 Å². The SMILES string of the molecule is N[C@H](Cc1ccccc1)c1nc(-c2ccc[nH]2)no1. The Bertz CT molecular complexity index is 631. The smallest absolute Gasteiger partial charge is 0.244 e. The number of hydrogen-bond donors (Lipinski definition) is 2. The molecule has 0 bridgehead atoms. The van der Waals surface area contributed by atoms with Crippen molar-refractivity contribution in [3.63, 3.8) is 0 Å². The van der Waals surface area contributed by atoms with E-state index in [-0.39, 0.29) is 6.04 Å². The van der Waals surface area contributed by atoms with Crippen molar-refractivity contribution in [1.82, 2.24) is 15.1 Å². The molecule has 2 heterocycles. The fourth-order valence-electron chi connectivity index (χ4n) is 1.92. The summed E-state index contributed by atoms with van der Waals surface area (Å²) < 4.78 is 5.22. The number of rotatable bonds is 4. The van der Waals surface area contributed by atoms with Crippen LogP contribution in [0.15, 0.2) is 53.2 Å². The van der Waals surface area contributed by atoms with Crippen LogP contribution in [-0.4, -0.2) is 15.1 Å². The molecule has 1 atom stereocenters. The Labute approximate surface area is 110 Å². The van der Waals surface area contributed by atoms with Gasteiger partial charge in [0.1, 0.15) is 0 Å². The fraction of sp³-hybridized carbons (Fsp3) is 0.143. The highest BCUT2D eigenvalue weighted by molar-refractivity contribution is 5.47. The summed E-state index contributed by atoms with van der Waals surface area (Å²) in [7, 11) is 0. The van der Waals surface area contributed by atoms with Gasteiger partial charge in [0.05, 0.1) is 11.7 Å². The summed E-state index contributed by atoms with van der Waals surface area (Å²) in [6.45, 7) is 0. The van der Waals surface area contributed by atoms with Crippen LogP contribution in [-0.2, 0) is 6.42 Å². The molecule has 0 radical (unpaired) electrons. The van der Waals surface area contributed by atoms with Gasteiger partial charge in [0, 0.05) is 6.20 Å². The van der Waals surface area contributed by atoms with Crippen LogP contribution in [0.25, 0.3) is 11.5 Å². The molecule has 3 N–H and O–H groups in total. The molecule has 96 valence electrons. The van der Waals surface area contributed by atoms with Crippen LogP contribution in [0.4, 0.5) is 0 Å². The first-order valence-electron chi connectivity index (χ1n) is 6.10. The highest BCUT2D eigenvalue weighted by Crippen LogP contribution is 2.18. The maximum Gasteiger partial charge on any atom is 0.244 e. The lowest BCUT2D eigenvalue weighted by molar-refractivity contribution is 0.354. The number of H-pyrrole nitrogens is 1. The standard InChI is InChI=1S/C14H14N4O/c15-11(9-10-5-2-1-3-6-10)14-17-13(18-19-14)12-7-4-8-16-12/h1-8,11,16H,9,15H2/t11-/m1/s1. The Kier molecular flexibility index (Phi) is 3.12. The zero-order chi connectivity index (χ0) is 13.1. The normalized spacial score (nSPS) is 12.5. The van der Waals surface area contributed by atoms with Crippen molar-refractivity contribution in [2.24, 2.45) is 5.73 Å². The molecule has 0 amide bonds. The predicted octanol–water partition coefficient (Wildman–Crippen LogP) is 2.31. The summed E-state index contributed by atoms with van der Waals surface area (Å²) in [5.41, 5.74) is 8.06. The van der Waals surface area contributed by atoms with Gasteiger partial charge in [-0.15, -0.1) is 0 Å². The Balaban J connectivity index is 1.76. The van der Waals surface area contributed by atoms with Crippen molar-refractivity contribution in [3.05, 3.63) is 60.1 Å². The number of nitrogens with zero attached hydrogens (tertiary/aromatic N) is 2. The molecule has 0 aliphatic carbocycles. The Morgan fingerprint density at radius 1 is 1.16 bits per heavy atom. The van der Waals surface area contributed by atoms with Crippen molar-refractivity contribution in [2.45, 2.75) is 12.5 Å². The third kappa shape index (κ3) is 2.56. The molecule has 0 aliphatic heterocycles. The highest BCUT2D eigenvalue weighted by Gasteiger charge is 2.16. The minimum absolute atomic E-state index is 0.293. The van der Waals surface area contributed by atoms with E-state index >= 15 is 0 Å². The van der Waals surface area contributed by atoms with Crippen LogP contribution >= 0.6 is 0 Å². The van der Waals surface area contributed by atoms with Crippen LogP contribution in [0, 0.1) is 0 Å². The fourth-order valence-corrected chi connectivity index (χ4v) is 1.92. The van der Waals surface area contributed by atoms with Crippen molar-refractivity contribution in [2.75, 3.05) is 0 Å². The van der Waals surface area contributed by atoms with E-state index < -0.39 is 0 Å². The predicted molar refractivity (Wildman–Crippen MR) is 71.2 cm³/mol. The Hall–Kier alpha value is -2.40. The van der Waals surface area contributed by atoms with E-state index in [0.717, 1.165) is 11.3 Å². The molecule has 5 nitrogen and oxygen atoms in total. The zero-order valence-electron chi connectivity index (χ0n) is 10.3. The summed E-state index contributed by atoms with van der Waals surface area (Å²) in [5.74, 6) is 0.983. The Morgan fingerprint density at radius 3 is 2.74 bits per heavy atom. The van der Waals surface area contributed by atoms with E-state index in [1.165, 1.54) is 0 Å². The molecule has 0 saturated carbocycles. The largest absolute Gasteiger partial charge is 0.359 e. The van der Waals surface area contributed by atoms with Crippen molar-refractivity contribution >= 4 is 0 Å². The molecule has 0 aliphatic rings. The third-order valence-electron chi connectivity index (χ3n) is 2.90. The lowest BCUT2D eigenvalue weighted by Crippen LogP contribution is -2.13. The van der Waals surface area contributed by atoms with E-state index in [2.05, 4.69) is 15.1 Å². The molecule has 0 fully saturated rings. The van der Waals surface area contributed by atoms with E-state index in [0.29, 0.717) is 18.1 Å². The van der Waals surface area contributed by atoms with Gasteiger partial charge in [0.25, 0.3) is 0 Å².